The Morgan fingerprint density at radius 3 is 2.66 bits per heavy atom. The van der Waals surface area contributed by atoms with E-state index in [9.17, 15) is 5.11 Å². The molecule has 0 saturated heterocycles. The van der Waals surface area contributed by atoms with Gasteiger partial charge in [0.1, 0.15) is 17.7 Å². The Morgan fingerprint density at radius 1 is 1.10 bits per heavy atom. The lowest BCUT2D eigenvalue weighted by molar-refractivity contribution is 0.406. The van der Waals surface area contributed by atoms with E-state index in [1.165, 1.54) is 0 Å². The molecule has 0 unspecified atom stereocenters. The molecule has 4 rings (SSSR count). The van der Waals surface area contributed by atoms with Gasteiger partial charge in [0, 0.05) is 28.8 Å². The van der Waals surface area contributed by atoms with E-state index in [1.54, 1.807) is 13.2 Å². The molecular weight excluding hydrogens is 452 g/mol. The second-order valence-electron chi connectivity index (χ2n) is 6.86. The third kappa shape index (κ3) is 4.32. The van der Waals surface area contributed by atoms with Crippen molar-refractivity contribution in [2.75, 3.05) is 7.11 Å². The molecule has 4 nitrogen and oxygen atoms in total. The van der Waals surface area contributed by atoms with Crippen LogP contribution < -0.4 is 10.1 Å². The van der Waals surface area contributed by atoms with E-state index in [-0.39, 0.29) is 18.0 Å². The van der Waals surface area contributed by atoms with Crippen molar-refractivity contribution in [3.8, 4) is 11.5 Å². The van der Waals surface area contributed by atoms with Crippen LogP contribution in [0.5, 0.6) is 11.5 Å². The average molecular weight is 472 g/mol. The van der Waals surface area contributed by atoms with E-state index in [2.05, 4.69) is 21.2 Å². The number of phenolic OH excluding ortho intramolecular Hbond substituents is 1. The Balaban J connectivity index is 1.77. The van der Waals surface area contributed by atoms with Gasteiger partial charge >= 0.3 is 0 Å². The summed E-state index contributed by atoms with van der Waals surface area (Å²) in [6.45, 7) is 0. The van der Waals surface area contributed by atoms with Gasteiger partial charge in [-0.2, -0.15) is 0 Å². The van der Waals surface area contributed by atoms with Crippen molar-refractivity contribution in [2.24, 2.45) is 4.99 Å². The number of hydrogen-bond donors (Lipinski definition) is 2. The summed E-state index contributed by atoms with van der Waals surface area (Å²) in [7, 11) is 1.64. The van der Waals surface area contributed by atoms with Crippen LogP contribution >= 0.6 is 27.5 Å². The van der Waals surface area contributed by atoms with Crippen LogP contribution in [0.3, 0.4) is 0 Å². The van der Waals surface area contributed by atoms with Gasteiger partial charge in [0.25, 0.3) is 0 Å². The Morgan fingerprint density at radius 2 is 1.93 bits per heavy atom. The monoisotopic (exact) mass is 470 g/mol. The average Bonchev–Trinajstić information content (AvgIpc) is 2.73. The zero-order valence-corrected chi connectivity index (χ0v) is 18.1. The lowest BCUT2D eigenvalue weighted by atomic mass is 9.93. The number of phenols is 1. The number of benzene rings is 3. The maximum Gasteiger partial charge on any atom is 0.133 e. The standard InChI is InChI=1S/C23H20BrClN2O2/c1-29-22-10-9-15(12-18(22)24)23-26-19(14-5-4-6-16(25)11-14)13-20(27-23)17-7-2-3-8-21(17)28/h2-12,20,23,27-28H,13H2,1H3/t20-,23+/m0/s1. The topological polar surface area (TPSA) is 53.9 Å². The zero-order valence-electron chi connectivity index (χ0n) is 15.8. The SMILES string of the molecule is COc1ccc([C@@H]2N=C(c3cccc(Cl)c3)C[C@@H](c3ccccc3O)N2)cc1Br. The maximum absolute atomic E-state index is 10.4. The van der Waals surface area contributed by atoms with Gasteiger partial charge in [-0.3, -0.25) is 10.3 Å². The molecular formula is C23H20BrClN2O2. The molecule has 6 heteroatoms. The van der Waals surface area contributed by atoms with Crippen molar-refractivity contribution in [2.45, 2.75) is 18.6 Å². The van der Waals surface area contributed by atoms with Crippen LogP contribution in [-0.4, -0.2) is 17.9 Å². The van der Waals surface area contributed by atoms with Gasteiger partial charge in [-0.1, -0.05) is 48.0 Å². The van der Waals surface area contributed by atoms with Crippen LogP contribution in [-0.2, 0) is 0 Å². The summed E-state index contributed by atoms with van der Waals surface area (Å²) in [4.78, 5) is 4.97. The fourth-order valence-electron chi connectivity index (χ4n) is 3.55. The molecule has 0 aliphatic carbocycles. The van der Waals surface area contributed by atoms with E-state index in [0.717, 1.165) is 32.6 Å². The van der Waals surface area contributed by atoms with E-state index < -0.39 is 0 Å². The van der Waals surface area contributed by atoms with Gasteiger partial charge in [0.2, 0.25) is 0 Å². The van der Waals surface area contributed by atoms with Gasteiger partial charge in [-0.15, -0.1) is 0 Å². The van der Waals surface area contributed by atoms with Crippen LogP contribution in [0, 0.1) is 0 Å². The highest BCUT2D eigenvalue weighted by atomic mass is 79.9. The number of rotatable bonds is 4. The minimum Gasteiger partial charge on any atom is -0.508 e. The molecule has 0 bridgehead atoms. The Labute approximate surface area is 183 Å². The normalized spacial score (nSPS) is 18.9. The number of halogens is 2. The number of nitrogens with one attached hydrogen (secondary N) is 1. The van der Waals surface area contributed by atoms with Crippen LogP contribution in [0.2, 0.25) is 5.02 Å². The molecule has 148 valence electrons. The first-order valence-electron chi connectivity index (χ1n) is 9.25. The first-order chi connectivity index (χ1) is 14.0. The maximum atomic E-state index is 10.4. The summed E-state index contributed by atoms with van der Waals surface area (Å²) in [6, 6.07) is 20.9. The minimum absolute atomic E-state index is 0.0893. The van der Waals surface area contributed by atoms with Gasteiger partial charge in [-0.25, -0.2) is 0 Å². The molecule has 1 aliphatic rings. The highest BCUT2D eigenvalue weighted by Gasteiger charge is 2.28. The summed E-state index contributed by atoms with van der Waals surface area (Å²) < 4.78 is 6.21. The van der Waals surface area contributed by atoms with E-state index in [1.807, 2.05) is 60.7 Å². The Hall–Kier alpha value is -2.34. The highest BCUT2D eigenvalue weighted by molar-refractivity contribution is 9.10. The van der Waals surface area contributed by atoms with E-state index in [0.29, 0.717) is 11.4 Å². The second kappa shape index (κ2) is 8.57. The Kier molecular flexibility index (Phi) is 5.90. The number of hydrogen-bond acceptors (Lipinski definition) is 4. The van der Waals surface area contributed by atoms with Crippen LogP contribution in [0.1, 0.15) is 35.3 Å². The first-order valence-corrected chi connectivity index (χ1v) is 10.4. The molecule has 1 heterocycles. The predicted molar refractivity (Wildman–Crippen MR) is 120 cm³/mol. The molecule has 0 amide bonds. The van der Waals surface area contributed by atoms with E-state index in [4.69, 9.17) is 21.3 Å². The number of aromatic hydroxyl groups is 1. The van der Waals surface area contributed by atoms with Crippen molar-refractivity contribution in [3.63, 3.8) is 0 Å². The molecule has 29 heavy (non-hydrogen) atoms. The lowest BCUT2D eigenvalue weighted by Gasteiger charge is -2.31. The van der Waals surface area contributed by atoms with Gasteiger partial charge in [0.05, 0.1) is 11.6 Å². The number of ether oxygens (including phenoxy) is 1. The second-order valence-corrected chi connectivity index (χ2v) is 8.16. The fourth-order valence-corrected chi connectivity index (χ4v) is 4.30. The third-order valence-corrected chi connectivity index (χ3v) is 5.86. The molecule has 0 saturated carbocycles. The molecule has 1 aliphatic heterocycles. The summed E-state index contributed by atoms with van der Waals surface area (Å²) >= 11 is 9.78. The van der Waals surface area contributed by atoms with Gasteiger partial charge in [-0.05, 0) is 57.4 Å². The van der Waals surface area contributed by atoms with Crippen LogP contribution in [0.15, 0.2) is 76.2 Å². The largest absolute Gasteiger partial charge is 0.508 e. The molecule has 2 N–H and O–H groups in total. The molecule has 3 aromatic rings. The van der Waals surface area contributed by atoms with Crippen molar-refractivity contribution < 1.29 is 9.84 Å². The Bertz CT molecular complexity index is 1070. The van der Waals surface area contributed by atoms with Gasteiger partial charge in [0.15, 0.2) is 0 Å². The van der Waals surface area contributed by atoms with Crippen LogP contribution in [0.4, 0.5) is 0 Å². The number of methoxy groups -OCH3 is 1. The summed E-state index contributed by atoms with van der Waals surface area (Å²) in [5.74, 6) is 1.04. The molecule has 2 atom stereocenters. The number of nitrogens with zero attached hydrogens (tertiary/aromatic N) is 1. The predicted octanol–water partition coefficient (Wildman–Crippen LogP) is 6.04. The molecule has 0 radical (unpaired) electrons. The molecule has 0 fully saturated rings. The molecule has 0 spiro atoms. The van der Waals surface area contributed by atoms with E-state index >= 15 is 0 Å². The van der Waals surface area contributed by atoms with Crippen molar-refractivity contribution in [1.82, 2.24) is 5.32 Å². The minimum atomic E-state index is -0.274. The van der Waals surface area contributed by atoms with Crippen molar-refractivity contribution >= 4 is 33.2 Å². The zero-order chi connectivity index (χ0) is 20.4. The summed E-state index contributed by atoms with van der Waals surface area (Å²) in [5, 5.41) is 14.6. The summed E-state index contributed by atoms with van der Waals surface area (Å²) in [6.07, 6.45) is 0.371. The van der Waals surface area contributed by atoms with Crippen LogP contribution in [0.25, 0.3) is 0 Å². The smallest absolute Gasteiger partial charge is 0.133 e. The number of aliphatic imine (C=N–C) groups is 1. The van der Waals surface area contributed by atoms with Gasteiger partial charge < -0.3 is 9.84 Å². The van der Waals surface area contributed by atoms with Crippen molar-refractivity contribution in [1.29, 1.82) is 0 Å². The molecule has 3 aromatic carbocycles. The van der Waals surface area contributed by atoms with Crippen molar-refractivity contribution in [3.05, 3.63) is 92.9 Å². The first kappa shape index (κ1) is 20.0. The summed E-state index contributed by atoms with van der Waals surface area (Å²) in [5.41, 5.74) is 3.77. The third-order valence-electron chi connectivity index (χ3n) is 5.00. The quantitative estimate of drug-likeness (QED) is 0.488. The molecule has 0 aromatic heterocycles. The highest BCUT2D eigenvalue weighted by Crippen LogP contribution is 2.36. The fraction of sp³-hybridized carbons (Fsp3) is 0.174. The number of para-hydroxylation sites is 1. The lowest BCUT2D eigenvalue weighted by Crippen LogP contribution is -2.33.